The lowest BCUT2D eigenvalue weighted by atomic mass is 10.1. The molecule has 0 spiro atoms. The fourth-order valence-electron chi connectivity index (χ4n) is 2.48. The largest absolute Gasteiger partial charge is 0.398 e. The van der Waals surface area contributed by atoms with Crippen molar-refractivity contribution in [3.8, 4) is 5.75 Å². The molecule has 23 heavy (non-hydrogen) atoms. The summed E-state index contributed by atoms with van der Waals surface area (Å²) in [6.45, 7) is 2.03. The summed E-state index contributed by atoms with van der Waals surface area (Å²) in [7, 11) is -3.93. The normalized spacial score (nSPS) is 11.5. The molecule has 3 rings (SSSR count). The lowest BCUT2D eigenvalue weighted by Gasteiger charge is -2.11. The quantitative estimate of drug-likeness (QED) is 0.585. The van der Waals surface area contributed by atoms with E-state index < -0.39 is 10.1 Å². The minimum Gasteiger partial charge on any atom is -0.398 e. The second kappa shape index (κ2) is 5.93. The average Bonchev–Trinajstić information content (AvgIpc) is 2.55. The predicted molar refractivity (Wildman–Crippen MR) is 92.0 cm³/mol. The maximum absolute atomic E-state index is 12.6. The molecule has 0 amide bonds. The maximum Gasteiger partial charge on any atom is 0.339 e. The topological polar surface area (TPSA) is 69.4 Å². The fourth-order valence-corrected chi connectivity index (χ4v) is 3.62. The molecule has 0 saturated heterocycles. The summed E-state index contributed by atoms with van der Waals surface area (Å²) in [5, 5.41) is 1.25. The Labute approximate surface area is 135 Å². The van der Waals surface area contributed by atoms with Crippen LogP contribution in [0.3, 0.4) is 0 Å². The van der Waals surface area contributed by atoms with E-state index in [1.165, 1.54) is 6.07 Å². The van der Waals surface area contributed by atoms with Crippen molar-refractivity contribution in [3.05, 3.63) is 66.2 Å². The zero-order valence-electron chi connectivity index (χ0n) is 12.7. The molecule has 0 atom stereocenters. The first-order valence-corrected chi connectivity index (χ1v) is 8.73. The summed E-state index contributed by atoms with van der Waals surface area (Å²) in [6, 6.07) is 17.2. The van der Waals surface area contributed by atoms with Crippen molar-refractivity contribution in [2.45, 2.75) is 18.2 Å². The Balaban J connectivity index is 2.04. The van der Waals surface area contributed by atoms with E-state index in [1.54, 1.807) is 42.5 Å². The SMILES string of the molecule is CCc1ccc(OS(=O)(=O)c2cccc3c(N)cccc23)cc1. The Morgan fingerprint density at radius 1 is 0.913 bits per heavy atom. The van der Waals surface area contributed by atoms with Crippen molar-refractivity contribution in [2.24, 2.45) is 0 Å². The van der Waals surface area contributed by atoms with Crippen LogP contribution in [0.5, 0.6) is 5.75 Å². The van der Waals surface area contributed by atoms with Gasteiger partial charge in [-0.3, -0.25) is 0 Å². The highest BCUT2D eigenvalue weighted by Gasteiger charge is 2.20. The van der Waals surface area contributed by atoms with E-state index in [1.807, 2.05) is 19.1 Å². The number of anilines is 1. The first-order chi connectivity index (χ1) is 11.0. The summed E-state index contributed by atoms with van der Waals surface area (Å²) in [5.41, 5.74) is 7.57. The van der Waals surface area contributed by atoms with Crippen LogP contribution < -0.4 is 9.92 Å². The van der Waals surface area contributed by atoms with Gasteiger partial charge in [-0.25, -0.2) is 0 Å². The number of fused-ring (bicyclic) bond motifs is 1. The zero-order valence-corrected chi connectivity index (χ0v) is 13.5. The zero-order chi connectivity index (χ0) is 16.4. The molecule has 0 saturated carbocycles. The highest BCUT2D eigenvalue weighted by molar-refractivity contribution is 7.87. The van der Waals surface area contributed by atoms with Crippen LogP contribution in [0.4, 0.5) is 5.69 Å². The summed E-state index contributed by atoms with van der Waals surface area (Å²) in [6.07, 6.45) is 0.885. The predicted octanol–water partition coefficient (Wildman–Crippen LogP) is 3.75. The molecule has 4 nitrogen and oxygen atoms in total. The van der Waals surface area contributed by atoms with Gasteiger partial charge in [-0.15, -0.1) is 0 Å². The Hall–Kier alpha value is -2.53. The Bertz CT molecular complexity index is 948. The molecular weight excluding hydrogens is 310 g/mol. The molecule has 118 valence electrons. The Morgan fingerprint density at radius 3 is 2.26 bits per heavy atom. The number of aryl methyl sites for hydroxylation is 1. The lowest BCUT2D eigenvalue weighted by molar-refractivity contribution is 0.487. The van der Waals surface area contributed by atoms with Gasteiger partial charge in [0.05, 0.1) is 0 Å². The van der Waals surface area contributed by atoms with E-state index in [2.05, 4.69) is 0 Å². The van der Waals surface area contributed by atoms with Crippen molar-refractivity contribution in [1.82, 2.24) is 0 Å². The monoisotopic (exact) mass is 327 g/mol. The number of hydrogen-bond acceptors (Lipinski definition) is 4. The average molecular weight is 327 g/mol. The number of rotatable bonds is 4. The van der Waals surface area contributed by atoms with Crippen LogP contribution in [0, 0.1) is 0 Å². The number of hydrogen-bond donors (Lipinski definition) is 1. The minimum atomic E-state index is -3.93. The fraction of sp³-hybridized carbons (Fsp3) is 0.111. The highest BCUT2D eigenvalue weighted by Crippen LogP contribution is 2.29. The van der Waals surface area contributed by atoms with Crippen LogP contribution in [-0.4, -0.2) is 8.42 Å². The van der Waals surface area contributed by atoms with Crippen molar-refractivity contribution in [3.63, 3.8) is 0 Å². The standard InChI is InChI=1S/C18H17NO3S/c1-2-13-9-11-14(12-10-13)22-23(20,21)18-8-4-5-15-16(18)6-3-7-17(15)19/h3-12H,2,19H2,1H3. The van der Waals surface area contributed by atoms with Gasteiger partial charge in [-0.2, -0.15) is 8.42 Å². The van der Waals surface area contributed by atoms with E-state index in [4.69, 9.17) is 9.92 Å². The molecule has 0 bridgehead atoms. The molecule has 0 aliphatic carbocycles. The second-order valence-electron chi connectivity index (χ2n) is 5.23. The lowest BCUT2D eigenvalue weighted by Crippen LogP contribution is -2.10. The van der Waals surface area contributed by atoms with E-state index in [9.17, 15) is 8.42 Å². The first kappa shape index (κ1) is 15.4. The van der Waals surface area contributed by atoms with Gasteiger partial charge >= 0.3 is 10.1 Å². The van der Waals surface area contributed by atoms with Crippen molar-refractivity contribution in [2.75, 3.05) is 5.73 Å². The molecule has 0 aliphatic heterocycles. The molecule has 3 aromatic carbocycles. The van der Waals surface area contributed by atoms with Crippen molar-refractivity contribution in [1.29, 1.82) is 0 Å². The molecule has 0 unspecified atom stereocenters. The van der Waals surface area contributed by atoms with Gasteiger partial charge in [0.2, 0.25) is 0 Å². The van der Waals surface area contributed by atoms with E-state index in [-0.39, 0.29) is 4.90 Å². The molecular formula is C18H17NO3S. The third-order valence-electron chi connectivity index (χ3n) is 3.72. The van der Waals surface area contributed by atoms with E-state index in [0.29, 0.717) is 22.2 Å². The van der Waals surface area contributed by atoms with Crippen molar-refractivity contribution >= 4 is 26.6 Å². The summed E-state index contributed by atoms with van der Waals surface area (Å²) in [4.78, 5) is 0.113. The molecule has 0 radical (unpaired) electrons. The molecule has 5 heteroatoms. The summed E-state index contributed by atoms with van der Waals surface area (Å²) >= 11 is 0. The second-order valence-corrected chi connectivity index (χ2v) is 6.75. The van der Waals surface area contributed by atoms with Gasteiger partial charge in [0.25, 0.3) is 0 Å². The van der Waals surface area contributed by atoms with Crippen LogP contribution in [-0.2, 0) is 16.5 Å². The van der Waals surface area contributed by atoms with Crippen molar-refractivity contribution < 1.29 is 12.6 Å². The van der Waals surface area contributed by atoms with Gasteiger partial charge in [-0.05, 0) is 36.2 Å². The number of nitrogen functional groups attached to an aromatic ring is 1. The van der Waals surface area contributed by atoms with E-state index in [0.717, 1.165) is 12.0 Å². The van der Waals surface area contributed by atoms with Crippen LogP contribution in [0.2, 0.25) is 0 Å². The first-order valence-electron chi connectivity index (χ1n) is 7.32. The van der Waals surface area contributed by atoms with Gasteiger partial charge < -0.3 is 9.92 Å². The molecule has 0 aliphatic rings. The van der Waals surface area contributed by atoms with Crippen LogP contribution in [0.15, 0.2) is 65.6 Å². The smallest absolute Gasteiger partial charge is 0.339 e. The molecule has 3 aromatic rings. The van der Waals surface area contributed by atoms with Gasteiger partial charge in [-0.1, -0.05) is 43.3 Å². The Morgan fingerprint density at radius 2 is 1.57 bits per heavy atom. The van der Waals surface area contributed by atoms with E-state index >= 15 is 0 Å². The maximum atomic E-state index is 12.6. The summed E-state index contributed by atoms with van der Waals surface area (Å²) in [5.74, 6) is 0.295. The molecule has 0 heterocycles. The number of benzene rings is 3. The highest BCUT2D eigenvalue weighted by atomic mass is 32.2. The minimum absolute atomic E-state index is 0.113. The van der Waals surface area contributed by atoms with Crippen LogP contribution in [0.25, 0.3) is 10.8 Å². The molecule has 0 aromatic heterocycles. The van der Waals surface area contributed by atoms with Gasteiger partial charge in [0, 0.05) is 16.5 Å². The van der Waals surface area contributed by atoms with Gasteiger partial charge in [0.15, 0.2) is 0 Å². The Kier molecular flexibility index (Phi) is 3.96. The summed E-state index contributed by atoms with van der Waals surface area (Å²) < 4.78 is 30.5. The molecule has 0 fully saturated rings. The number of nitrogens with two attached hydrogens (primary N) is 1. The van der Waals surface area contributed by atoms with Crippen LogP contribution in [0.1, 0.15) is 12.5 Å². The van der Waals surface area contributed by atoms with Gasteiger partial charge in [0.1, 0.15) is 10.6 Å². The third-order valence-corrected chi connectivity index (χ3v) is 5.03. The molecule has 2 N–H and O–H groups in total. The van der Waals surface area contributed by atoms with Crippen LogP contribution >= 0.6 is 0 Å². The third kappa shape index (κ3) is 3.00.